The molecule has 0 unspecified atom stereocenters. The fraction of sp³-hybridized carbons (Fsp3) is 0.333. The first-order valence-corrected chi connectivity index (χ1v) is 4.22. The number of aliphatic hydroxyl groups is 1. The summed E-state index contributed by atoms with van der Waals surface area (Å²) in [4.78, 5) is 0. The molecule has 0 fully saturated rings. The topological polar surface area (TPSA) is 66.5 Å². The van der Waals surface area contributed by atoms with Crippen LogP contribution in [0.3, 0.4) is 0 Å². The Balaban J connectivity index is 0.00000256. The minimum Gasteiger partial charge on any atom is -0.508 e. The number of hydrogen-bond donors (Lipinski definition) is 3. The molecule has 8 heteroatoms. The summed E-state index contributed by atoms with van der Waals surface area (Å²) in [6, 6.07) is 0.449. The summed E-state index contributed by atoms with van der Waals surface area (Å²) in [5.74, 6) is -1.45. The quantitative estimate of drug-likeness (QED) is 0.722. The highest BCUT2D eigenvalue weighted by molar-refractivity contribution is 5.85. The molecule has 98 valence electrons. The van der Waals surface area contributed by atoms with E-state index in [0.29, 0.717) is 6.07 Å². The number of phenolic OH excluding ortho intramolecular Hbond substituents is 1. The normalized spacial score (nSPS) is 14.9. The van der Waals surface area contributed by atoms with Gasteiger partial charge in [0.2, 0.25) is 0 Å². The Kier molecular flexibility index (Phi) is 5.18. The molecule has 0 amide bonds. The average Bonchev–Trinajstić information content (AvgIpc) is 2.18. The fourth-order valence-electron chi connectivity index (χ4n) is 1.17. The van der Waals surface area contributed by atoms with E-state index in [0.717, 1.165) is 12.1 Å². The maximum Gasteiger partial charge on any atom is 0.416 e. The molecular formula is C9H10ClF4NO2. The molecule has 3 nitrogen and oxygen atoms in total. The monoisotopic (exact) mass is 275 g/mol. The molecule has 0 bridgehead atoms. The zero-order valence-corrected chi connectivity index (χ0v) is 9.10. The van der Waals surface area contributed by atoms with Crippen LogP contribution in [0, 0.1) is 5.82 Å². The Labute approximate surface area is 100 Å². The summed E-state index contributed by atoms with van der Waals surface area (Å²) >= 11 is 0. The Morgan fingerprint density at radius 1 is 1.24 bits per heavy atom. The van der Waals surface area contributed by atoms with Gasteiger partial charge in [0.25, 0.3) is 0 Å². The zero-order chi connectivity index (χ0) is 12.5. The first-order chi connectivity index (χ1) is 7.23. The second kappa shape index (κ2) is 5.52. The lowest BCUT2D eigenvalue weighted by atomic mass is 10.0. The fourth-order valence-corrected chi connectivity index (χ4v) is 1.17. The van der Waals surface area contributed by atoms with Gasteiger partial charge < -0.3 is 15.9 Å². The minimum absolute atomic E-state index is 0. The highest BCUT2D eigenvalue weighted by Gasteiger charge is 2.43. The van der Waals surface area contributed by atoms with E-state index >= 15 is 0 Å². The lowest BCUT2D eigenvalue weighted by Crippen LogP contribution is -2.38. The van der Waals surface area contributed by atoms with Gasteiger partial charge in [0.1, 0.15) is 11.6 Å². The summed E-state index contributed by atoms with van der Waals surface area (Å²) in [7, 11) is 0. The van der Waals surface area contributed by atoms with Gasteiger partial charge in [-0.05, 0) is 18.2 Å². The van der Waals surface area contributed by atoms with Gasteiger partial charge in [-0.25, -0.2) is 4.39 Å². The molecule has 0 saturated carbocycles. The van der Waals surface area contributed by atoms with Crippen molar-refractivity contribution in [2.24, 2.45) is 5.73 Å². The lowest BCUT2D eigenvalue weighted by Gasteiger charge is -2.22. The highest BCUT2D eigenvalue weighted by atomic mass is 35.5. The zero-order valence-electron chi connectivity index (χ0n) is 8.28. The molecule has 0 spiro atoms. The van der Waals surface area contributed by atoms with Crippen molar-refractivity contribution in [2.45, 2.75) is 18.3 Å². The largest absolute Gasteiger partial charge is 0.508 e. The molecule has 1 aromatic carbocycles. The highest BCUT2D eigenvalue weighted by Crippen LogP contribution is 2.32. The third-order valence-corrected chi connectivity index (χ3v) is 2.02. The summed E-state index contributed by atoms with van der Waals surface area (Å²) < 4.78 is 49.1. The molecule has 0 radical (unpaired) electrons. The van der Waals surface area contributed by atoms with E-state index in [1.165, 1.54) is 0 Å². The third kappa shape index (κ3) is 3.72. The predicted molar refractivity (Wildman–Crippen MR) is 54.3 cm³/mol. The number of benzene rings is 1. The minimum atomic E-state index is -4.93. The average molecular weight is 276 g/mol. The third-order valence-electron chi connectivity index (χ3n) is 2.02. The molecule has 0 heterocycles. The van der Waals surface area contributed by atoms with E-state index in [9.17, 15) is 22.7 Å². The van der Waals surface area contributed by atoms with E-state index in [1.807, 2.05) is 0 Å². The second-order valence-electron chi connectivity index (χ2n) is 3.22. The number of aromatic hydroxyl groups is 1. The number of hydrogen-bond acceptors (Lipinski definition) is 3. The van der Waals surface area contributed by atoms with Gasteiger partial charge in [0.15, 0.2) is 6.10 Å². The molecule has 4 N–H and O–H groups in total. The maximum absolute atomic E-state index is 12.7. The van der Waals surface area contributed by atoms with Crippen LogP contribution in [0.15, 0.2) is 18.2 Å². The standard InChI is InChI=1S/C9H9F4NO2.ClH/c10-4-1-2-6(15)5(3-4)7(14)8(16)9(11,12)13;/h1-3,7-8,15-16H,14H2;1H/t7-,8-;/m1./s1. The van der Waals surface area contributed by atoms with Crippen molar-refractivity contribution in [1.82, 2.24) is 0 Å². The number of alkyl halides is 3. The number of halogens is 5. The molecule has 0 aliphatic carbocycles. The van der Waals surface area contributed by atoms with Crippen molar-refractivity contribution in [3.8, 4) is 5.75 Å². The van der Waals surface area contributed by atoms with Crippen molar-refractivity contribution >= 4 is 12.4 Å². The van der Waals surface area contributed by atoms with Gasteiger partial charge in [0.05, 0.1) is 6.04 Å². The molecule has 0 aromatic heterocycles. The summed E-state index contributed by atoms with van der Waals surface area (Å²) in [5, 5.41) is 18.0. The van der Waals surface area contributed by atoms with Gasteiger partial charge in [-0.1, -0.05) is 0 Å². The maximum atomic E-state index is 12.7. The van der Waals surface area contributed by atoms with Crippen LogP contribution >= 0.6 is 12.4 Å². The van der Waals surface area contributed by atoms with Crippen molar-refractivity contribution in [2.75, 3.05) is 0 Å². The molecule has 2 atom stereocenters. The van der Waals surface area contributed by atoms with Crippen LogP contribution < -0.4 is 5.73 Å². The van der Waals surface area contributed by atoms with Crippen LogP contribution in [-0.4, -0.2) is 22.5 Å². The molecule has 0 aliphatic heterocycles. The van der Waals surface area contributed by atoms with E-state index in [1.54, 1.807) is 0 Å². The first-order valence-electron chi connectivity index (χ1n) is 4.22. The molecule has 1 rings (SSSR count). The number of rotatable bonds is 2. The predicted octanol–water partition coefficient (Wildman–Crippen LogP) is 1.88. The summed E-state index contributed by atoms with van der Waals surface area (Å²) in [6.07, 6.45) is -7.79. The van der Waals surface area contributed by atoms with Crippen LogP contribution in [0.2, 0.25) is 0 Å². The molecule has 17 heavy (non-hydrogen) atoms. The Morgan fingerprint density at radius 3 is 2.24 bits per heavy atom. The van der Waals surface area contributed by atoms with Gasteiger partial charge in [-0.3, -0.25) is 0 Å². The smallest absolute Gasteiger partial charge is 0.416 e. The number of nitrogens with two attached hydrogens (primary N) is 1. The van der Waals surface area contributed by atoms with Crippen LogP contribution in [0.1, 0.15) is 11.6 Å². The van der Waals surface area contributed by atoms with Crippen molar-refractivity contribution in [1.29, 1.82) is 0 Å². The van der Waals surface area contributed by atoms with Crippen LogP contribution in [0.25, 0.3) is 0 Å². The SMILES string of the molecule is Cl.N[C@H](c1cc(F)ccc1O)[C@@H](O)C(F)(F)F. The summed E-state index contributed by atoms with van der Waals surface area (Å²) in [5.41, 5.74) is 4.60. The van der Waals surface area contributed by atoms with Crippen molar-refractivity contribution in [3.63, 3.8) is 0 Å². The van der Waals surface area contributed by atoms with Gasteiger partial charge in [0, 0.05) is 5.56 Å². The van der Waals surface area contributed by atoms with E-state index in [2.05, 4.69) is 0 Å². The first kappa shape index (κ1) is 16.0. The van der Waals surface area contributed by atoms with E-state index < -0.39 is 35.5 Å². The number of phenols is 1. The van der Waals surface area contributed by atoms with Crippen LogP contribution in [0.5, 0.6) is 5.75 Å². The van der Waals surface area contributed by atoms with E-state index in [4.69, 9.17) is 10.8 Å². The Hall–Kier alpha value is -1.05. The second-order valence-corrected chi connectivity index (χ2v) is 3.22. The van der Waals surface area contributed by atoms with Crippen LogP contribution in [-0.2, 0) is 0 Å². The van der Waals surface area contributed by atoms with Gasteiger partial charge in [-0.2, -0.15) is 13.2 Å². The number of aliphatic hydroxyl groups excluding tert-OH is 1. The van der Waals surface area contributed by atoms with Crippen molar-refractivity contribution in [3.05, 3.63) is 29.6 Å². The lowest BCUT2D eigenvalue weighted by molar-refractivity contribution is -0.210. The van der Waals surface area contributed by atoms with Gasteiger partial charge in [-0.15, -0.1) is 12.4 Å². The van der Waals surface area contributed by atoms with Gasteiger partial charge >= 0.3 is 6.18 Å². The van der Waals surface area contributed by atoms with Crippen molar-refractivity contribution < 1.29 is 27.8 Å². The molecule has 0 saturated heterocycles. The molecule has 0 aliphatic rings. The van der Waals surface area contributed by atoms with Crippen LogP contribution in [0.4, 0.5) is 17.6 Å². The van der Waals surface area contributed by atoms with E-state index in [-0.39, 0.29) is 12.4 Å². The molecule has 1 aromatic rings. The summed E-state index contributed by atoms with van der Waals surface area (Å²) in [6.45, 7) is 0. The Bertz CT molecular complexity index is 386. The molecular weight excluding hydrogens is 266 g/mol. The Morgan fingerprint density at radius 2 is 1.76 bits per heavy atom.